The Labute approximate surface area is 140 Å². The first-order valence-corrected chi connectivity index (χ1v) is 7.64. The van der Waals surface area contributed by atoms with Gasteiger partial charge in [-0.3, -0.25) is 14.9 Å². The molecule has 2 N–H and O–H groups in total. The number of anilines is 3. The molecule has 126 valence electrons. The number of rotatable bonds is 7. The first-order valence-electron chi connectivity index (χ1n) is 7.64. The van der Waals surface area contributed by atoms with Crippen LogP contribution in [0.25, 0.3) is 0 Å². The van der Waals surface area contributed by atoms with Gasteiger partial charge in [0.2, 0.25) is 5.82 Å². The summed E-state index contributed by atoms with van der Waals surface area (Å²) in [7, 11) is 0. The fraction of sp³-hybridized carbons (Fsp3) is 0.294. The lowest BCUT2D eigenvalue weighted by Gasteiger charge is -2.11. The number of Topliss-reactive ketones (excluding diaryl/α,β-unsaturated/α-hetero) is 1. The number of ketones is 1. The highest BCUT2D eigenvalue weighted by Gasteiger charge is 2.16. The quantitative estimate of drug-likeness (QED) is 0.453. The van der Waals surface area contributed by atoms with Crippen LogP contribution < -0.4 is 10.6 Å². The molecule has 0 fully saturated rings. The Hall–Kier alpha value is -2.96. The van der Waals surface area contributed by atoms with E-state index in [1.165, 1.54) is 13.0 Å². The van der Waals surface area contributed by atoms with Crippen LogP contribution in [-0.4, -0.2) is 22.2 Å². The first kappa shape index (κ1) is 17.4. The fourth-order valence-corrected chi connectivity index (χ4v) is 2.05. The maximum Gasteiger partial charge on any atom is 0.311 e. The number of carbonyl (C=O) groups is 1. The maximum atomic E-state index is 11.5. The molecule has 24 heavy (non-hydrogen) atoms. The van der Waals surface area contributed by atoms with Gasteiger partial charge in [-0.2, -0.15) is 0 Å². The van der Waals surface area contributed by atoms with Gasteiger partial charge in [0, 0.05) is 23.9 Å². The summed E-state index contributed by atoms with van der Waals surface area (Å²) in [6.45, 7) is 6.30. The van der Waals surface area contributed by atoms with E-state index in [0.29, 0.717) is 29.5 Å². The number of nitro groups is 1. The van der Waals surface area contributed by atoms with Crippen molar-refractivity contribution in [3.8, 4) is 0 Å². The second kappa shape index (κ2) is 7.54. The minimum Gasteiger partial charge on any atom is -0.370 e. The van der Waals surface area contributed by atoms with Gasteiger partial charge >= 0.3 is 5.69 Å². The summed E-state index contributed by atoms with van der Waals surface area (Å²) in [5, 5.41) is 17.3. The van der Waals surface area contributed by atoms with Crippen molar-refractivity contribution in [2.45, 2.75) is 20.8 Å². The lowest BCUT2D eigenvalue weighted by atomic mass is 10.1. The van der Waals surface area contributed by atoms with Gasteiger partial charge in [-0.1, -0.05) is 26.0 Å². The molecule has 1 aromatic carbocycles. The van der Waals surface area contributed by atoms with Crippen LogP contribution in [0.1, 0.15) is 31.1 Å². The van der Waals surface area contributed by atoms with E-state index in [9.17, 15) is 14.9 Å². The molecule has 0 aliphatic heterocycles. The number of hydrogen-bond acceptors (Lipinski definition) is 6. The number of nitrogens with one attached hydrogen (secondary N) is 2. The standard InChI is InChI=1S/C17H20N4O3/c1-11(2)10-18-16-8-7-15(21(23)24)17(20-16)19-14-6-4-5-13(9-14)12(3)22/h4-9,11H,10H2,1-3H3,(H2,18,19,20). The largest absolute Gasteiger partial charge is 0.370 e. The monoisotopic (exact) mass is 328 g/mol. The second-order valence-electron chi connectivity index (χ2n) is 5.86. The Balaban J connectivity index is 2.32. The average molecular weight is 328 g/mol. The van der Waals surface area contributed by atoms with Crippen LogP contribution in [0.5, 0.6) is 0 Å². The topological polar surface area (TPSA) is 97.2 Å². The van der Waals surface area contributed by atoms with Crippen LogP contribution in [0.3, 0.4) is 0 Å². The zero-order valence-corrected chi connectivity index (χ0v) is 13.9. The zero-order chi connectivity index (χ0) is 17.7. The van der Waals surface area contributed by atoms with E-state index in [1.807, 2.05) is 0 Å². The highest BCUT2D eigenvalue weighted by Crippen LogP contribution is 2.27. The third-order valence-electron chi connectivity index (χ3n) is 3.29. The van der Waals surface area contributed by atoms with Crippen LogP contribution in [-0.2, 0) is 0 Å². The summed E-state index contributed by atoms with van der Waals surface area (Å²) in [5.41, 5.74) is 0.967. The molecular formula is C17H20N4O3. The maximum absolute atomic E-state index is 11.5. The Kier molecular flexibility index (Phi) is 5.47. The molecule has 0 spiro atoms. The van der Waals surface area contributed by atoms with Crippen LogP contribution in [0.4, 0.5) is 23.0 Å². The molecule has 7 heteroatoms. The number of aromatic nitrogens is 1. The predicted octanol–water partition coefficient (Wildman–Crippen LogP) is 4.00. The molecule has 0 atom stereocenters. The van der Waals surface area contributed by atoms with E-state index in [-0.39, 0.29) is 17.3 Å². The summed E-state index contributed by atoms with van der Waals surface area (Å²) < 4.78 is 0. The lowest BCUT2D eigenvalue weighted by molar-refractivity contribution is -0.384. The minimum absolute atomic E-state index is 0.0755. The first-order chi connectivity index (χ1) is 11.4. The normalized spacial score (nSPS) is 10.5. The molecule has 0 radical (unpaired) electrons. The second-order valence-corrected chi connectivity index (χ2v) is 5.86. The third-order valence-corrected chi connectivity index (χ3v) is 3.29. The van der Waals surface area contributed by atoms with E-state index >= 15 is 0 Å². The van der Waals surface area contributed by atoms with Crippen molar-refractivity contribution >= 4 is 28.8 Å². The van der Waals surface area contributed by atoms with Gasteiger partial charge in [-0.05, 0) is 31.0 Å². The van der Waals surface area contributed by atoms with Crippen molar-refractivity contribution < 1.29 is 9.72 Å². The molecule has 0 saturated carbocycles. The lowest BCUT2D eigenvalue weighted by Crippen LogP contribution is -2.10. The molecule has 0 aliphatic carbocycles. The zero-order valence-electron chi connectivity index (χ0n) is 13.9. The summed E-state index contributed by atoms with van der Waals surface area (Å²) in [4.78, 5) is 26.5. The molecule has 0 unspecified atom stereocenters. The van der Waals surface area contributed by atoms with Gasteiger partial charge in [0.15, 0.2) is 5.78 Å². The molecule has 0 saturated heterocycles. The SMILES string of the molecule is CC(=O)c1cccc(Nc2nc(NCC(C)C)ccc2[N+](=O)[O-])c1. The van der Waals surface area contributed by atoms with Gasteiger partial charge in [-0.15, -0.1) is 0 Å². The summed E-state index contributed by atoms with van der Waals surface area (Å²) >= 11 is 0. The van der Waals surface area contributed by atoms with Crippen molar-refractivity contribution in [1.82, 2.24) is 4.98 Å². The Morgan fingerprint density at radius 3 is 2.67 bits per heavy atom. The van der Waals surface area contributed by atoms with Crippen molar-refractivity contribution in [3.05, 3.63) is 52.1 Å². The van der Waals surface area contributed by atoms with Crippen LogP contribution in [0, 0.1) is 16.0 Å². The van der Waals surface area contributed by atoms with E-state index in [4.69, 9.17) is 0 Å². The van der Waals surface area contributed by atoms with Crippen LogP contribution in [0.2, 0.25) is 0 Å². The van der Waals surface area contributed by atoms with Gasteiger partial charge in [-0.25, -0.2) is 4.98 Å². The van der Waals surface area contributed by atoms with E-state index in [2.05, 4.69) is 29.5 Å². The fourth-order valence-electron chi connectivity index (χ4n) is 2.05. The number of carbonyl (C=O) groups excluding carboxylic acids is 1. The third kappa shape index (κ3) is 4.52. The summed E-state index contributed by atoms with van der Waals surface area (Å²) in [6, 6.07) is 9.76. The molecule has 2 aromatic rings. The molecule has 0 aliphatic rings. The van der Waals surface area contributed by atoms with E-state index in [0.717, 1.165) is 0 Å². The Morgan fingerprint density at radius 1 is 1.29 bits per heavy atom. The molecule has 2 rings (SSSR count). The van der Waals surface area contributed by atoms with E-state index < -0.39 is 4.92 Å². The molecule has 0 amide bonds. The number of hydrogen-bond donors (Lipinski definition) is 2. The highest BCUT2D eigenvalue weighted by molar-refractivity contribution is 5.95. The molecular weight excluding hydrogens is 308 g/mol. The predicted molar refractivity (Wildman–Crippen MR) is 93.9 cm³/mol. The molecule has 0 bridgehead atoms. The van der Waals surface area contributed by atoms with Crippen molar-refractivity contribution in [3.63, 3.8) is 0 Å². The van der Waals surface area contributed by atoms with Gasteiger partial charge in [0.1, 0.15) is 5.82 Å². The van der Waals surface area contributed by atoms with Gasteiger partial charge in [0.25, 0.3) is 0 Å². The summed E-state index contributed by atoms with van der Waals surface area (Å²) in [6.07, 6.45) is 0. The van der Waals surface area contributed by atoms with Crippen LogP contribution >= 0.6 is 0 Å². The van der Waals surface area contributed by atoms with Gasteiger partial charge < -0.3 is 10.6 Å². The van der Waals surface area contributed by atoms with Crippen molar-refractivity contribution in [1.29, 1.82) is 0 Å². The molecule has 7 nitrogen and oxygen atoms in total. The smallest absolute Gasteiger partial charge is 0.311 e. The van der Waals surface area contributed by atoms with Crippen molar-refractivity contribution in [2.75, 3.05) is 17.2 Å². The number of nitrogens with zero attached hydrogens (tertiary/aromatic N) is 2. The Morgan fingerprint density at radius 2 is 2.04 bits per heavy atom. The van der Waals surface area contributed by atoms with Gasteiger partial charge in [0.05, 0.1) is 4.92 Å². The number of benzene rings is 1. The van der Waals surface area contributed by atoms with Crippen LogP contribution in [0.15, 0.2) is 36.4 Å². The van der Waals surface area contributed by atoms with E-state index in [1.54, 1.807) is 30.3 Å². The minimum atomic E-state index is -0.490. The Bertz CT molecular complexity index is 759. The summed E-state index contributed by atoms with van der Waals surface area (Å²) in [5.74, 6) is 1.04. The average Bonchev–Trinajstić information content (AvgIpc) is 2.53. The molecule has 1 heterocycles. The van der Waals surface area contributed by atoms with Crippen molar-refractivity contribution in [2.24, 2.45) is 5.92 Å². The number of pyridine rings is 1. The molecule has 1 aromatic heterocycles. The highest BCUT2D eigenvalue weighted by atomic mass is 16.6.